The summed E-state index contributed by atoms with van der Waals surface area (Å²) in [5, 5.41) is 11.6. The summed E-state index contributed by atoms with van der Waals surface area (Å²) in [5.74, 6) is 0. The number of rotatable bonds is 9. The maximum absolute atomic E-state index is 13.1. The molecule has 0 bridgehead atoms. The Balaban J connectivity index is 2.56. The van der Waals surface area contributed by atoms with Crippen LogP contribution in [0.5, 0.6) is 0 Å². The van der Waals surface area contributed by atoms with Crippen LogP contribution >= 0.6 is 0 Å². The molecular formula is C19H21F3N2O5S. The van der Waals surface area contributed by atoms with Gasteiger partial charge in [-0.3, -0.25) is 14.3 Å². The molecule has 0 heterocycles. The van der Waals surface area contributed by atoms with E-state index in [0.717, 1.165) is 24.0 Å². The Morgan fingerprint density at radius 2 is 1.80 bits per heavy atom. The molecule has 0 spiro atoms. The van der Waals surface area contributed by atoms with Gasteiger partial charge in [0.15, 0.2) is 0 Å². The van der Waals surface area contributed by atoms with E-state index in [9.17, 15) is 31.7 Å². The minimum atomic E-state index is -4.74. The molecule has 0 aromatic heterocycles. The van der Waals surface area contributed by atoms with E-state index in [1.807, 2.05) is 0 Å². The molecule has 11 heteroatoms. The van der Waals surface area contributed by atoms with Crippen LogP contribution in [0.4, 0.5) is 24.5 Å². The smallest absolute Gasteiger partial charge is 0.356 e. The summed E-state index contributed by atoms with van der Waals surface area (Å²) in [4.78, 5) is 12.2. The van der Waals surface area contributed by atoms with E-state index >= 15 is 0 Å². The average Bonchev–Trinajstić information content (AvgIpc) is 2.66. The van der Waals surface area contributed by atoms with Gasteiger partial charge in [0, 0.05) is 12.6 Å². The van der Waals surface area contributed by atoms with Crippen LogP contribution in [0.25, 0.3) is 0 Å². The van der Waals surface area contributed by atoms with Crippen LogP contribution < -0.4 is 4.90 Å². The van der Waals surface area contributed by atoms with Crippen molar-refractivity contribution in [3.8, 4) is 0 Å². The number of alkyl halides is 3. The topological polar surface area (TPSA) is 89.8 Å². The fraction of sp³-hybridized carbons (Fsp3) is 0.368. The van der Waals surface area contributed by atoms with Crippen molar-refractivity contribution in [2.45, 2.75) is 32.1 Å². The molecule has 1 unspecified atom stereocenters. The predicted octanol–water partition coefficient (Wildman–Crippen LogP) is 4.38. The number of nitro groups is 1. The van der Waals surface area contributed by atoms with Gasteiger partial charge in [-0.15, -0.1) is 0 Å². The Bertz CT molecular complexity index is 981. The van der Waals surface area contributed by atoms with Crippen molar-refractivity contribution < 1.29 is 30.7 Å². The Morgan fingerprint density at radius 3 is 2.30 bits per heavy atom. The van der Waals surface area contributed by atoms with Crippen LogP contribution in [0.1, 0.15) is 24.5 Å². The van der Waals surface area contributed by atoms with Crippen LogP contribution in [0, 0.1) is 10.1 Å². The molecule has 30 heavy (non-hydrogen) atoms. The zero-order valence-corrected chi connectivity index (χ0v) is 17.1. The fourth-order valence-electron chi connectivity index (χ4n) is 2.91. The zero-order chi connectivity index (χ0) is 22.5. The molecule has 0 fully saturated rings. The van der Waals surface area contributed by atoms with E-state index in [1.54, 1.807) is 37.3 Å². The van der Waals surface area contributed by atoms with Gasteiger partial charge in [0.1, 0.15) is 5.69 Å². The number of nitro benzene ring substituents is 1. The standard InChI is InChI=1S/C19H21F3N2O5S/c1-3-16(13-29-30(2,27)28)23(12-14-7-5-4-6-8-14)17-10-9-15(19(20,21)22)11-18(17)24(25)26/h4-11,16H,3,12-13H2,1-2H3. The summed E-state index contributed by atoms with van der Waals surface area (Å²) < 4.78 is 66.9. The summed E-state index contributed by atoms with van der Waals surface area (Å²) in [7, 11) is -3.78. The minimum Gasteiger partial charge on any atom is -0.356 e. The van der Waals surface area contributed by atoms with E-state index in [4.69, 9.17) is 4.18 Å². The molecule has 2 rings (SSSR count). The van der Waals surface area contributed by atoms with E-state index in [-0.39, 0.29) is 18.8 Å². The third-order valence-corrected chi connectivity index (χ3v) is 4.96. The second kappa shape index (κ2) is 9.43. The van der Waals surface area contributed by atoms with Crippen molar-refractivity contribution in [2.24, 2.45) is 0 Å². The Hall–Kier alpha value is -2.66. The maximum atomic E-state index is 13.1. The lowest BCUT2D eigenvalue weighted by molar-refractivity contribution is -0.384. The van der Waals surface area contributed by atoms with Crippen molar-refractivity contribution in [1.82, 2.24) is 0 Å². The number of hydrogen-bond donors (Lipinski definition) is 0. The van der Waals surface area contributed by atoms with Crippen molar-refractivity contribution in [3.05, 3.63) is 69.8 Å². The molecule has 0 N–H and O–H groups in total. The van der Waals surface area contributed by atoms with Gasteiger partial charge < -0.3 is 4.90 Å². The number of nitrogens with zero attached hydrogens (tertiary/aromatic N) is 2. The molecule has 0 radical (unpaired) electrons. The first-order chi connectivity index (χ1) is 13.9. The summed E-state index contributed by atoms with van der Waals surface area (Å²) in [6, 6.07) is 10.4. The number of hydrogen-bond acceptors (Lipinski definition) is 6. The van der Waals surface area contributed by atoms with E-state index in [2.05, 4.69) is 0 Å². The number of benzene rings is 2. The van der Waals surface area contributed by atoms with E-state index in [1.165, 1.54) is 4.90 Å². The van der Waals surface area contributed by atoms with Crippen LogP contribution in [-0.4, -0.2) is 32.2 Å². The molecule has 164 valence electrons. The molecule has 7 nitrogen and oxygen atoms in total. The number of anilines is 1. The molecule has 0 aliphatic heterocycles. The monoisotopic (exact) mass is 446 g/mol. The normalized spacial score (nSPS) is 13.1. The van der Waals surface area contributed by atoms with Gasteiger partial charge in [0.2, 0.25) is 0 Å². The first-order valence-electron chi connectivity index (χ1n) is 8.93. The molecule has 2 aromatic rings. The third-order valence-electron chi connectivity index (χ3n) is 4.39. The van der Waals surface area contributed by atoms with Crippen LogP contribution in [0.15, 0.2) is 48.5 Å². The van der Waals surface area contributed by atoms with Crippen molar-refractivity contribution in [3.63, 3.8) is 0 Å². The van der Waals surface area contributed by atoms with Gasteiger partial charge in [-0.2, -0.15) is 21.6 Å². The van der Waals surface area contributed by atoms with Gasteiger partial charge >= 0.3 is 6.18 Å². The molecule has 0 saturated heterocycles. The van der Waals surface area contributed by atoms with Crippen molar-refractivity contribution >= 4 is 21.5 Å². The first kappa shape index (κ1) is 23.6. The summed E-state index contributed by atoms with van der Waals surface area (Å²) in [6.45, 7) is 1.53. The minimum absolute atomic E-state index is 0.0548. The molecule has 0 amide bonds. The van der Waals surface area contributed by atoms with Gasteiger partial charge in [-0.25, -0.2) is 0 Å². The van der Waals surface area contributed by atoms with Crippen LogP contribution in [0.3, 0.4) is 0 Å². The molecule has 0 saturated carbocycles. The molecule has 1 atom stereocenters. The second-order valence-electron chi connectivity index (χ2n) is 6.62. The van der Waals surface area contributed by atoms with Crippen LogP contribution in [-0.2, 0) is 27.0 Å². The molecular weight excluding hydrogens is 425 g/mol. The summed E-state index contributed by atoms with van der Waals surface area (Å²) >= 11 is 0. The largest absolute Gasteiger partial charge is 0.416 e. The zero-order valence-electron chi connectivity index (χ0n) is 16.3. The van der Waals surface area contributed by atoms with E-state index in [0.29, 0.717) is 12.5 Å². The third kappa shape index (κ3) is 6.42. The first-order valence-corrected chi connectivity index (χ1v) is 10.7. The predicted molar refractivity (Wildman–Crippen MR) is 106 cm³/mol. The average molecular weight is 446 g/mol. The van der Waals surface area contributed by atoms with Gasteiger partial charge in [-0.05, 0) is 24.1 Å². The Labute approximate surface area is 172 Å². The van der Waals surface area contributed by atoms with Crippen LogP contribution in [0.2, 0.25) is 0 Å². The highest BCUT2D eigenvalue weighted by Crippen LogP contribution is 2.38. The Morgan fingerprint density at radius 1 is 1.17 bits per heavy atom. The SMILES string of the molecule is CCC(COS(C)(=O)=O)N(Cc1ccccc1)c1ccc(C(F)(F)F)cc1[N+](=O)[O-]. The van der Waals surface area contributed by atoms with Gasteiger partial charge in [0.25, 0.3) is 15.8 Å². The summed E-state index contributed by atoms with van der Waals surface area (Å²) in [6.07, 6.45) is -3.53. The second-order valence-corrected chi connectivity index (χ2v) is 8.27. The van der Waals surface area contributed by atoms with Crippen molar-refractivity contribution in [2.75, 3.05) is 17.8 Å². The molecule has 0 aliphatic rings. The fourth-order valence-corrected chi connectivity index (χ4v) is 3.31. The van der Waals surface area contributed by atoms with Gasteiger partial charge in [0.05, 0.1) is 29.4 Å². The summed E-state index contributed by atoms with van der Waals surface area (Å²) in [5.41, 5.74) is -1.18. The quantitative estimate of drug-likeness (QED) is 0.323. The Kier molecular flexibility index (Phi) is 7.43. The molecule has 2 aromatic carbocycles. The lowest BCUT2D eigenvalue weighted by Gasteiger charge is -2.32. The molecule has 0 aliphatic carbocycles. The van der Waals surface area contributed by atoms with Gasteiger partial charge in [-0.1, -0.05) is 37.3 Å². The number of halogens is 3. The highest BCUT2D eigenvalue weighted by molar-refractivity contribution is 7.85. The lowest BCUT2D eigenvalue weighted by Crippen LogP contribution is -2.39. The van der Waals surface area contributed by atoms with Crippen molar-refractivity contribution in [1.29, 1.82) is 0 Å². The lowest BCUT2D eigenvalue weighted by atomic mass is 10.1. The highest BCUT2D eigenvalue weighted by Gasteiger charge is 2.34. The highest BCUT2D eigenvalue weighted by atomic mass is 32.2. The van der Waals surface area contributed by atoms with E-state index < -0.39 is 38.5 Å². The maximum Gasteiger partial charge on any atom is 0.416 e.